The lowest BCUT2D eigenvalue weighted by atomic mass is 10.2. The molecule has 0 saturated carbocycles. The monoisotopic (exact) mass is 402 g/mol. The van der Waals surface area contributed by atoms with Crippen molar-refractivity contribution >= 4 is 51.5 Å². The second-order valence-electron chi connectivity index (χ2n) is 5.70. The van der Waals surface area contributed by atoms with Crippen LogP contribution in [0.5, 0.6) is 11.5 Å². The molecule has 1 atom stereocenters. The average Bonchev–Trinajstić information content (AvgIpc) is 2.95. The predicted molar refractivity (Wildman–Crippen MR) is 111 cm³/mol. The third-order valence-corrected chi connectivity index (χ3v) is 5.50. The van der Waals surface area contributed by atoms with E-state index >= 15 is 0 Å². The van der Waals surface area contributed by atoms with E-state index in [-0.39, 0.29) is 18.2 Å². The first-order chi connectivity index (χ1) is 13.0. The van der Waals surface area contributed by atoms with E-state index in [1.165, 1.54) is 23.8 Å². The van der Waals surface area contributed by atoms with Crippen molar-refractivity contribution in [3.05, 3.63) is 48.5 Å². The number of nitrogens with one attached hydrogen (secondary N) is 1. The van der Waals surface area contributed by atoms with Crippen molar-refractivity contribution < 1.29 is 19.1 Å². The van der Waals surface area contributed by atoms with Gasteiger partial charge in [0.1, 0.15) is 21.1 Å². The summed E-state index contributed by atoms with van der Waals surface area (Å²) in [6.07, 6.45) is 0.0291. The number of benzene rings is 2. The summed E-state index contributed by atoms with van der Waals surface area (Å²) in [4.78, 5) is 26.6. The number of ether oxygens (including phenoxy) is 2. The van der Waals surface area contributed by atoms with Gasteiger partial charge in [-0.15, -0.1) is 0 Å². The quantitative estimate of drug-likeness (QED) is 0.747. The first-order valence-electron chi connectivity index (χ1n) is 8.15. The van der Waals surface area contributed by atoms with E-state index in [9.17, 15) is 9.59 Å². The maximum absolute atomic E-state index is 12.8. The lowest BCUT2D eigenvalue weighted by Gasteiger charge is -2.18. The molecule has 27 heavy (non-hydrogen) atoms. The number of hydrogen-bond donors (Lipinski definition) is 1. The highest BCUT2D eigenvalue weighted by atomic mass is 32.2. The number of thioether (sulfide) groups is 1. The summed E-state index contributed by atoms with van der Waals surface area (Å²) in [6, 6.07) is 14.1. The Balaban J connectivity index is 1.68. The Morgan fingerprint density at radius 1 is 1.15 bits per heavy atom. The standard InChI is InChI=1S/C19H18N2O4S2/c1-24-13-9-7-12(8-10-13)20-17(22)11-16-18(23)21(19(26)27-16)14-5-3-4-6-15(14)25-2/h3-10,16H,11H2,1-2H3,(H,20,22). The van der Waals surface area contributed by atoms with Crippen molar-refractivity contribution in [2.45, 2.75) is 11.7 Å². The average molecular weight is 402 g/mol. The van der Waals surface area contributed by atoms with Crippen molar-refractivity contribution in [3.63, 3.8) is 0 Å². The highest BCUT2D eigenvalue weighted by molar-refractivity contribution is 8.25. The molecule has 1 aliphatic rings. The van der Waals surface area contributed by atoms with E-state index < -0.39 is 5.25 Å². The Bertz CT molecular complexity index is 870. The zero-order valence-corrected chi connectivity index (χ0v) is 16.4. The van der Waals surface area contributed by atoms with E-state index in [1.807, 2.05) is 12.1 Å². The zero-order valence-electron chi connectivity index (χ0n) is 14.8. The number of nitrogens with zero attached hydrogens (tertiary/aromatic N) is 1. The van der Waals surface area contributed by atoms with E-state index in [1.54, 1.807) is 43.5 Å². The molecule has 0 aromatic heterocycles. The Hall–Kier alpha value is -2.58. The zero-order chi connectivity index (χ0) is 19.4. The second kappa shape index (κ2) is 8.41. The van der Waals surface area contributed by atoms with Crippen LogP contribution in [0.15, 0.2) is 48.5 Å². The van der Waals surface area contributed by atoms with Gasteiger partial charge in [0.2, 0.25) is 11.8 Å². The topological polar surface area (TPSA) is 67.9 Å². The molecule has 2 aromatic rings. The van der Waals surface area contributed by atoms with Crippen LogP contribution in [0.3, 0.4) is 0 Å². The van der Waals surface area contributed by atoms with Crippen molar-refractivity contribution in [1.29, 1.82) is 0 Å². The Morgan fingerprint density at radius 2 is 1.85 bits per heavy atom. The second-order valence-corrected chi connectivity index (χ2v) is 7.54. The number of para-hydroxylation sites is 2. The van der Waals surface area contributed by atoms with Gasteiger partial charge < -0.3 is 14.8 Å². The van der Waals surface area contributed by atoms with Crippen LogP contribution >= 0.6 is 24.0 Å². The fourth-order valence-corrected chi connectivity index (χ4v) is 4.19. The molecule has 0 bridgehead atoms. The molecule has 0 radical (unpaired) electrons. The molecule has 8 heteroatoms. The summed E-state index contributed by atoms with van der Waals surface area (Å²) in [5.41, 5.74) is 1.22. The summed E-state index contributed by atoms with van der Waals surface area (Å²) < 4.78 is 10.8. The van der Waals surface area contributed by atoms with Crippen LogP contribution in [0, 0.1) is 0 Å². The molecule has 140 valence electrons. The predicted octanol–water partition coefficient (Wildman–Crippen LogP) is 3.47. The lowest BCUT2D eigenvalue weighted by Crippen LogP contribution is -2.33. The van der Waals surface area contributed by atoms with Gasteiger partial charge in [-0.25, -0.2) is 0 Å². The van der Waals surface area contributed by atoms with Crippen LogP contribution in [0.25, 0.3) is 0 Å². The number of hydrogen-bond acceptors (Lipinski definition) is 6. The minimum Gasteiger partial charge on any atom is -0.497 e. The molecule has 1 fully saturated rings. The van der Waals surface area contributed by atoms with Crippen molar-refractivity contribution in [3.8, 4) is 11.5 Å². The van der Waals surface area contributed by atoms with Crippen LogP contribution in [-0.2, 0) is 9.59 Å². The highest BCUT2D eigenvalue weighted by Crippen LogP contribution is 2.38. The Morgan fingerprint density at radius 3 is 2.52 bits per heavy atom. The molecule has 1 N–H and O–H groups in total. The number of methoxy groups -OCH3 is 2. The van der Waals surface area contributed by atoms with Gasteiger partial charge in [-0.2, -0.15) is 0 Å². The van der Waals surface area contributed by atoms with Crippen molar-refractivity contribution in [2.75, 3.05) is 24.4 Å². The van der Waals surface area contributed by atoms with Gasteiger partial charge in [-0.3, -0.25) is 14.5 Å². The fraction of sp³-hybridized carbons (Fsp3) is 0.211. The maximum Gasteiger partial charge on any atom is 0.246 e. The van der Waals surface area contributed by atoms with Crippen LogP contribution in [0.4, 0.5) is 11.4 Å². The van der Waals surface area contributed by atoms with Gasteiger partial charge in [0.05, 0.1) is 19.9 Å². The van der Waals surface area contributed by atoms with Crippen LogP contribution < -0.4 is 19.7 Å². The summed E-state index contributed by atoms with van der Waals surface area (Å²) in [6.45, 7) is 0. The molecule has 1 heterocycles. The summed E-state index contributed by atoms with van der Waals surface area (Å²) in [5, 5.41) is 2.22. The molecule has 2 amide bonds. The van der Waals surface area contributed by atoms with Gasteiger partial charge in [0.15, 0.2) is 0 Å². The normalized spacial score (nSPS) is 16.4. The third-order valence-electron chi connectivity index (χ3n) is 3.99. The Kier molecular flexibility index (Phi) is 5.98. The van der Waals surface area contributed by atoms with Gasteiger partial charge in [-0.1, -0.05) is 36.1 Å². The molecule has 0 spiro atoms. The van der Waals surface area contributed by atoms with Gasteiger partial charge in [0.25, 0.3) is 0 Å². The molecule has 1 aliphatic heterocycles. The molecule has 1 unspecified atom stereocenters. The molecule has 0 aliphatic carbocycles. The number of thiocarbonyl (C=S) groups is 1. The lowest BCUT2D eigenvalue weighted by molar-refractivity contribution is -0.121. The smallest absolute Gasteiger partial charge is 0.246 e. The molecule has 1 saturated heterocycles. The van der Waals surface area contributed by atoms with Gasteiger partial charge in [-0.05, 0) is 36.4 Å². The third kappa shape index (κ3) is 4.23. The molecule has 3 rings (SSSR count). The molecule has 6 nitrogen and oxygen atoms in total. The van der Waals surface area contributed by atoms with E-state index in [0.29, 0.717) is 27.2 Å². The molecular weight excluding hydrogens is 384 g/mol. The molecule has 2 aromatic carbocycles. The number of carbonyl (C=O) groups excluding carboxylic acids is 2. The Labute approximate surface area is 166 Å². The van der Waals surface area contributed by atoms with Crippen LogP contribution in [-0.4, -0.2) is 35.6 Å². The number of carbonyl (C=O) groups is 2. The first kappa shape index (κ1) is 19.2. The number of amides is 2. The minimum atomic E-state index is -0.569. The van der Waals surface area contributed by atoms with Crippen LogP contribution in [0.1, 0.15) is 6.42 Å². The van der Waals surface area contributed by atoms with E-state index in [0.717, 1.165) is 0 Å². The first-order valence-corrected chi connectivity index (χ1v) is 9.43. The van der Waals surface area contributed by atoms with Crippen molar-refractivity contribution in [2.24, 2.45) is 0 Å². The summed E-state index contributed by atoms with van der Waals surface area (Å²) in [7, 11) is 3.11. The fourth-order valence-electron chi connectivity index (χ4n) is 2.67. The van der Waals surface area contributed by atoms with Gasteiger partial charge >= 0.3 is 0 Å². The SMILES string of the molecule is COc1ccc(NC(=O)CC2SC(=S)N(c3ccccc3OC)C2=O)cc1. The van der Waals surface area contributed by atoms with Crippen LogP contribution in [0.2, 0.25) is 0 Å². The maximum atomic E-state index is 12.8. The largest absolute Gasteiger partial charge is 0.497 e. The number of anilines is 2. The highest BCUT2D eigenvalue weighted by Gasteiger charge is 2.40. The van der Waals surface area contributed by atoms with Crippen molar-refractivity contribution in [1.82, 2.24) is 0 Å². The summed E-state index contributed by atoms with van der Waals surface area (Å²) in [5.74, 6) is 0.777. The molecular formula is C19H18N2O4S2. The van der Waals surface area contributed by atoms with E-state index in [4.69, 9.17) is 21.7 Å². The van der Waals surface area contributed by atoms with E-state index in [2.05, 4.69) is 5.32 Å². The minimum absolute atomic E-state index is 0.0291. The number of rotatable bonds is 6. The van der Waals surface area contributed by atoms with Gasteiger partial charge in [0, 0.05) is 12.1 Å². The summed E-state index contributed by atoms with van der Waals surface area (Å²) >= 11 is 6.57.